The smallest absolute Gasteiger partial charge is 0.258 e. The number of hydrogen-bond donors (Lipinski definition) is 2. The number of aromatic nitrogens is 2. The Morgan fingerprint density at radius 1 is 1.62 bits per heavy atom. The van der Waals surface area contributed by atoms with Gasteiger partial charge in [0.2, 0.25) is 0 Å². The summed E-state index contributed by atoms with van der Waals surface area (Å²) >= 11 is 0. The number of imidazole rings is 1. The van der Waals surface area contributed by atoms with Crippen LogP contribution in [0, 0.1) is 0 Å². The van der Waals surface area contributed by atoms with Gasteiger partial charge in [-0.3, -0.25) is 0 Å². The molecule has 1 aromatic rings. The Hall–Kier alpha value is -0.630. The fourth-order valence-corrected chi connectivity index (χ4v) is 2.57. The molecule has 8 heteroatoms. The highest BCUT2D eigenvalue weighted by atomic mass is 35.5. The van der Waals surface area contributed by atoms with Gasteiger partial charge in [0, 0.05) is 19.1 Å². The second-order valence-electron chi connectivity index (χ2n) is 3.28. The molecule has 1 rings (SSSR count). The van der Waals surface area contributed by atoms with Gasteiger partial charge < -0.3 is 10.3 Å². The van der Waals surface area contributed by atoms with Crippen molar-refractivity contribution in [3.63, 3.8) is 0 Å². The molecule has 0 fully saturated rings. The van der Waals surface area contributed by atoms with Crippen LogP contribution in [0.3, 0.4) is 0 Å². The molecule has 0 amide bonds. The molecule has 16 heavy (non-hydrogen) atoms. The van der Waals surface area contributed by atoms with Crippen LogP contribution < -0.4 is 10.5 Å². The molecule has 1 aromatic heterocycles. The molecule has 0 aromatic carbocycles. The average Bonchev–Trinajstić information content (AvgIpc) is 2.65. The first-order valence-electron chi connectivity index (χ1n) is 4.73. The number of rotatable bonds is 5. The van der Waals surface area contributed by atoms with E-state index in [4.69, 9.17) is 5.73 Å². The van der Waals surface area contributed by atoms with E-state index in [0.717, 1.165) is 0 Å². The molecule has 1 heterocycles. The molecule has 0 aliphatic carbocycles. The van der Waals surface area contributed by atoms with Crippen molar-refractivity contribution >= 4 is 22.4 Å². The van der Waals surface area contributed by atoms with E-state index in [2.05, 4.69) is 9.71 Å². The summed E-state index contributed by atoms with van der Waals surface area (Å²) in [6.45, 7) is 4.39. The molecule has 0 saturated heterocycles. The first-order chi connectivity index (χ1) is 7.01. The van der Waals surface area contributed by atoms with Crippen molar-refractivity contribution in [1.29, 1.82) is 0 Å². The normalized spacial score (nSPS) is 13.2. The highest BCUT2D eigenvalue weighted by Crippen LogP contribution is 2.08. The van der Waals surface area contributed by atoms with E-state index in [-0.39, 0.29) is 30.0 Å². The van der Waals surface area contributed by atoms with Crippen molar-refractivity contribution in [1.82, 2.24) is 14.3 Å². The first-order valence-corrected chi connectivity index (χ1v) is 6.22. The predicted molar refractivity (Wildman–Crippen MR) is 64.0 cm³/mol. The van der Waals surface area contributed by atoms with E-state index in [0.29, 0.717) is 6.54 Å². The van der Waals surface area contributed by atoms with Gasteiger partial charge in [0.1, 0.15) is 0 Å². The monoisotopic (exact) mass is 268 g/mol. The standard InChI is InChI=1S/C8H16N4O2S.ClH/c1-3-12-6-10-5-8(12)15(13,14)11-7(2)4-9;/h5-7,11H,3-4,9H2,1-2H3;1H/t7-;/m0./s1. The van der Waals surface area contributed by atoms with Gasteiger partial charge >= 0.3 is 0 Å². The molecule has 0 aliphatic rings. The number of nitrogens with two attached hydrogens (primary N) is 1. The molecule has 0 unspecified atom stereocenters. The van der Waals surface area contributed by atoms with Gasteiger partial charge in [-0.15, -0.1) is 12.4 Å². The fourth-order valence-electron chi connectivity index (χ4n) is 1.14. The second-order valence-corrected chi connectivity index (χ2v) is 4.94. The van der Waals surface area contributed by atoms with E-state index in [9.17, 15) is 8.42 Å². The van der Waals surface area contributed by atoms with Crippen LogP contribution in [0.15, 0.2) is 17.6 Å². The van der Waals surface area contributed by atoms with Crippen molar-refractivity contribution in [3.8, 4) is 0 Å². The molecule has 3 N–H and O–H groups in total. The third-order valence-electron chi connectivity index (χ3n) is 2.00. The number of halogens is 1. The maximum Gasteiger partial charge on any atom is 0.258 e. The van der Waals surface area contributed by atoms with Crippen LogP contribution in [0.5, 0.6) is 0 Å². The summed E-state index contributed by atoms with van der Waals surface area (Å²) in [5.74, 6) is 0. The van der Waals surface area contributed by atoms with Crippen molar-refractivity contribution in [2.24, 2.45) is 5.73 Å². The molecule has 1 atom stereocenters. The van der Waals surface area contributed by atoms with Crippen LogP contribution in [-0.4, -0.2) is 30.6 Å². The highest BCUT2D eigenvalue weighted by molar-refractivity contribution is 7.89. The zero-order chi connectivity index (χ0) is 11.5. The van der Waals surface area contributed by atoms with Gasteiger partial charge in [0.05, 0.1) is 12.5 Å². The van der Waals surface area contributed by atoms with Crippen LogP contribution in [-0.2, 0) is 16.6 Å². The number of hydrogen-bond acceptors (Lipinski definition) is 4. The van der Waals surface area contributed by atoms with Crippen LogP contribution in [0.1, 0.15) is 13.8 Å². The van der Waals surface area contributed by atoms with Gasteiger partial charge in [-0.25, -0.2) is 18.1 Å². The average molecular weight is 269 g/mol. The van der Waals surface area contributed by atoms with Crippen molar-refractivity contribution < 1.29 is 8.42 Å². The topological polar surface area (TPSA) is 90.0 Å². The quantitative estimate of drug-likeness (QED) is 0.784. The van der Waals surface area contributed by atoms with E-state index in [1.807, 2.05) is 6.92 Å². The largest absolute Gasteiger partial charge is 0.329 e. The third-order valence-corrected chi connectivity index (χ3v) is 3.60. The molecule has 0 saturated carbocycles. The van der Waals surface area contributed by atoms with Crippen molar-refractivity contribution in [2.75, 3.05) is 6.54 Å². The zero-order valence-electron chi connectivity index (χ0n) is 9.25. The predicted octanol–water partition coefficient (Wildman–Crippen LogP) is -0.0497. The van der Waals surface area contributed by atoms with Crippen LogP contribution in [0.2, 0.25) is 0 Å². The lowest BCUT2D eigenvalue weighted by Gasteiger charge is -2.12. The molecule has 6 nitrogen and oxygen atoms in total. The Kier molecular flexibility index (Phi) is 5.95. The van der Waals surface area contributed by atoms with E-state index in [1.165, 1.54) is 12.5 Å². The Balaban J connectivity index is 0.00000225. The summed E-state index contributed by atoms with van der Waals surface area (Å²) in [5, 5.41) is 0.172. The summed E-state index contributed by atoms with van der Waals surface area (Å²) in [7, 11) is -3.50. The molecular formula is C8H17ClN4O2S. The Morgan fingerprint density at radius 2 is 2.25 bits per heavy atom. The SMILES string of the molecule is CCn1cncc1S(=O)(=O)N[C@@H](C)CN.Cl. The summed E-state index contributed by atoms with van der Waals surface area (Å²) in [6.07, 6.45) is 2.82. The van der Waals surface area contributed by atoms with Crippen LogP contribution >= 0.6 is 12.4 Å². The third kappa shape index (κ3) is 3.44. The zero-order valence-corrected chi connectivity index (χ0v) is 10.9. The van der Waals surface area contributed by atoms with Crippen molar-refractivity contribution in [2.45, 2.75) is 31.5 Å². The number of nitrogens with zero attached hydrogens (tertiary/aromatic N) is 2. The number of nitrogens with one attached hydrogen (secondary N) is 1. The Morgan fingerprint density at radius 3 is 2.75 bits per heavy atom. The highest BCUT2D eigenvalue weighted by Gasteiger charge is 2.20. The number of aryl methyl sites for hydroxylation is 1. The lowest BCUT2D eigenvalue weighted by Crippen LogP contribution is -2.38. The molecule has 0 radical (unpaired) electrons. The first kappa shape index (κ1) is 15.4. The summed E-state index contributed by atoms with van der Waals surface area (Å²) in [6, 6.07) is -0.282. The molecular weight excluding hydrogens is 252 g/mol. The molecule has 94 valence electrons. The van der Waals surface area contributed by atoms with E-state index in [1.54, 1.807) is 11.5 Å². The van der Waals surface area contributed by atoms with Gasteiger partial charge in [-0.1, -0.05) is 0 Å². The molecule has 0 bridgehead atoms. The lowest BCUT2D eigenvalue weighted by molar-refractivity contribution is 0.547. The molecule has 0 spiro atoms. The van der Waals surface area contributed by atoms with Crippen LogP contribution in [0.25, 0.3) is 0 Å². The van der Waals surface area contributed by atoms with E-state index >= 15 is 0 Å². The Labute approximate surface area is 102 Å². The fraction of sp³-hybridized carbons (Fsp3) is 0.625. The minimum absolute atomic E-state index is 0. The van der Waals surface area contributed by atoms with Crippen molar-refractivity contribution in [3.05, 3.63) is 12.5 Å². The summed E-state index contributed by atoms with van der Waals surface area (Å²) in [4.78, 5) is 3.80. The lowest BCUT2D eigenvalue weighted by atomic mass is 10.4. The number of sulfonamides is 1. The van der Waals surface area contributed by atoms with Gasteiger partial charge in [-0.2, -0.15) is 0 Å². The maximum absolute atomic E-state index is 11.8. The Bertz CT molecular complexity index is 417. The minimum atomic E-state index is -3.50. The maximum atomic E-state index is 11.8. The van der Waals surface area contributed by atoms with Gasteiger partial charge in [-0.05, 0) is 13.8 Å². The summed E-state index contributed by atoms with van der Waals surface area (Å²) in [5.41, 5.74) is 5.35. The summed E-state index contributed by atoms with van der Waals surface area (Å²) < 4.78 is 27.7. The van der Waals surface area contributed by atoms with Crippen LogP contribution in [0.4, 0.5) is 0 Å². The van der Waals surface area contributed by atoms with Gasteiger partial charge in [0.25, 0.3) is 10.0 Å². The molecule has 0 aliphatic heterocycles. The van der Waals surface area contributed by atoms with E-state index < -0.39 is 10.0 Å². The second kappa shape index (κ2) is 6.19. The minimum Gasteiger partial charge on any atom is -0.329 e. The van der Waals surface area contributed by atoms with Gasteiger partial charge in [0.15, 0.2) is 5.03 Å².